The average Bonchev–Trinajstić information content (AvgIpc) is 3.35. The second-order valence-electron chi connectivity index (χ2n) is 7.54. The summed E-state index contributed by atoms with van der Waals surface area (Å²) < 4.78 is 10.4. The van der Waals surface area contributed by atoms with Crippen molar-refractivity contribution in [1.82, 2.24) is 15.5 Å². The highest BCUT2D eigenvalue weighted by atomic mass is 32.1. The first-order valence-electron chi connectivity index (χ1n) is 9.79. The van der Waals surface area contributed by atoms with Crippen LogP contribution in [0.5, 0.6) is 0 Å². The van der Waals surface area contributed by atoms with E-state index in [9.17, 15) is 9.59 Å². The van der Waals surface area contributed by atoms with Crippen LogP contribution in [0.15, 0.2) is 21.3 Å². The lowest BCUT2D eigenvalue weighted by molar-refractivity contribution is -0.155. The van der Waals surface area contributed by atoms with Crippen molar-refractivity contribution in [2.45, 2.75) is 65.0 Å². The number of carbonyl (C=O) groups excluding carboxylic acids is 2. The van der Waals surface area contributed by atoms with E-state index in [4.69, 9.17) is 9.26 Å². The zero-order valence-electron chi connectivity index (χ0n) is 16.5. The third-order valence-corrected chi connectivity index (χ3v) is 6.19. The predicted octanol–water partition coefficient (Wildman–Crippen LogP) is 3.60. The third kappa shape index (κ3) is 5.19. The van der Waals surface area contributed by atoms with Gasteiger partial charge in [0.25, 0.3) is 5.91 Å². The van der Waals surface area contributed by atoms with Gasteiger partial charge in [0.05, 0.1) is 6.42 Å². The lowest BCUT2D eigenvalue weighted by atomic mass is 9.78. The molecule has 2 aromatic heterocycles. The summed E-state index contributed by atoms with van der Waals surface area (Å²) in [6.07, 6.45) is 2.83. The molecule has 1 aliphatic rings. The number of thiophene rings is 1. The van der Waals surface area contributed by atoms with Crippen LogP contribution < -0.4 is 5.32 Å². The molecule has 0 saturated heterocycles. The smallest absolute Gasteiger partial charge is 0.307 e. The van der Waals surface area contributed by atoms with Crippen molar-refractivity contribution < 1.29 is 18.8 Å². The van der Waals surface area contributed by atoms with Crippen molar-refractivity contribution in [3.8, 4) is 11.4 Å². The molecular weight excluding hydrogens is 378 g/mol. The van der Waals surface area contributed by atoms with E-state index >= 15 is 0 Å². The molecule has 0 aromatic carbocycles. The molecule has 8 heteroatoms. The Morgan fingerprint density at radius 1 is 1.39 bits per heavy atom. The number of esters is 1. The standard InChI is InChI=1S/C20H27N3O4S/c1-12-5-4-6-16(13(12)2)21-20(25)14(3)26-18(24)8-7-17-22-19(23-27-17)15-9-10-28-11-15/h9-14,16H,4-8H2,1-3H3,(H,21,25)/t12-,13-,14-,16+/m0/s1. The van der Waals surface area contributed by atoms with Gasteiger partial charge in [-0.05, 0) is 36.6 Å². The Bertz CT molecular complexity index is 789. The number of nitrogens with zero attached hydrogens (tertiary/aromatic N) is 2. The minimum Gasteiger partial charge on any atom is -0.453 e. The molecular formula is C20H27N3O4S. The number of aryl methyl sites for hydroxylation is 1. The first-order valence-corrected chi connectivity index (χ1v) is 10.7. The number of aromatic nitrogens is 2. The van der Waals surface area contributed by atoms with E-state index in [2.05, 4.69) is 29.3 Å². The Morgan fingerprint density at radius 3 is 2.96 bits per heavy atom. The Balaban J connectivity index is 1.43. The number of rotatable bonds is 7. The van der Waals surface area contributed by atoms with Gasteiger partial charge in [-0.2, -0.15) is 16.3 Å². The molecule has 1 aliphatic carbocycles. The van der Waals surface area contributed by atoms with Crippen molar-refractivity contribution in [3.63, 3.8) is 0 Å². The quantitative estimate of drug-likeness (QED) is 0.707. The summed E-state index contributed by atoms with van der Waals surface area (Å²) in [5.41, 5.74) is 0.888. The van der Waals surface area contributed by atoms with Crippen LogP contribution in [0.1, 0.15) is 52.3 Å². The lowest BCUT2D eigenvalue weighted by Gasteiger charge is -2.35. The van der Waals surface area contributed by atoms with E-state index in [0.717, 1.165) is 18.4 Å². The van der Waals surface area contributed by atoms with Crippen LogP contribution in [-0.2, 0) is 20.7 Å². The zero-order valence-corrected chi connectivity index (χ0v) is 17.3. The number of amides is 1. The van der Waals surface area contributed by atoms with Crippen LogP contribution in [0.25, 0.3) is 11.4 Å². The fourth-order valence-corrected chi connectivity index (χ4v) is 4.10. The molecule has 1 saturated carbocycles. The fraction of sp³-hybridized carbons (Fsp3) is 0.600. The number of carbonyl (C=O) groups is 2. The maximum atomic E-state index is 12.4. The Kier molecular flexibility index (Phi) is 6.83. The maximum absolute atomic E-state index is 12.4. The molecule has 7 nitrogen and oxygen atoms in total. The predicted molar refractivity (Wildman–Crippen MR) is 106 cm³/mol. The highest BCUT2D eigenvalue weighted by Gasteiger charge is 2.30. The summed E-state index contributed by atoms with van der Waals surface area (Å²) in [6, 6.07) is 2.05. The Labute approximate surface area is 168 Å². The van der Waals surface area contributed by atoms with Gasteiger partial charge in [-0.15, -0.1) is 0 Å². The minimum absolute atomic E-state index is 0.0831. The average molecular weight is 406 g/mol. The van der Waals surface area contributed by atoms with Crippen LogP contribution >= 0.6 is 11.3 Å². The van der Waals surface area contributed by atoms with E-state index in [-0.39, 0.29) is 24.8 Å². The first kappa shape index (κ1) is 20.5. The zero-order chi connectivity index (χ0) is 20.1. The monoisotopic (exact) mass is 405 g/mol. The summed E-state index contributed by atoms with van der Waals surface area (Å²) in [4.78, 5) is 28.7. The first-order chi connectivity index (χ1) is 13.4. The number of nitrogens with one attached hydrogen (secondary N) is 1. The number of ether oxygens (including phenoxy) is 1. The molecule has 2 aromatic rings. The topological polar surface area (TPSA) is 94.3 Å². The van der Waals surface area contributed by atoms with E-state index in [0.29, 0.717) is 23.6 Å². The van der Waals surface area contributed by atoms with Gasteiger partial charge in [0.15, 0.2) is 6.10 Å². The van der Waals surface area contributed by atoms with E-state index in [1.54, 1.807) is 18.3 Å². The Hall–Kier alpha value is -2.22. The molecule has 0 spiro atoms. The van der Waals surface area contributed by atoms with E-state index < -0.39 is 12.1 Å². The SMILES string of the molecule is C[C@H]1[C@@H](C)CCC[C@H]1NC(=O)[C@H](C)OC(=O)CCc1nc(-c2ccsc2)no1. The van der Waals surface area contributed by atoms with Gasteiger partial charge >= 0.3 is 5.97 Å². The summed E-state index contributed by atoms with van der Waals surface area (Å²) in [6.45, 7) is 5.99. The third-order valence-electron chi connectivity index (χ3n) is 5.50. The van der Waals surface area contributed by atoms with Gasteiger partial charge in [-0.1, -0.05) is 31.8 Å². The molecule has 3 rings (SSSR count). The fourth-order valence-electron chi connectivity index (χ4n) is 3.47. The molecule has 4 atom stereocenters. The Morgan fingerprint density at radius 2 is 2.21 bits per heavy atom. The lowest BCUT2D eigenvalue weighted by Crippen LogP contribution is -2.47. The molecule has 0 radical (unpaired) electrons. The summed E-state index contributed by atoms with van der Waals surface area (Å²) in [5.74, 6) is 1.20. The highest BCUT2D eigenvalue weighted by molar-refractivity contribution is 7.08. The molecule has 0 bridgehead atoms. The second kappa shape index (κ2) is 9.32. The van der Waals surface area contributed by atoms with Gasteiger partial charge in [-0.25, -0.2) is 0 Å². The molecule has 1 amide bonds. The molecule has 0 aliphatic heterocycles. The molecule has 1 fully saturated rings. The normalized spacial score (nSPS) is 23.2. The van der Waals surface area contributed by atoms with Gasteiger partial charge in [0.1, 0.15) is 0 Å². The van der Waals surface area contributed by atoms with Gasteiger partial charge in [0, 0.05) is 23.4 Å². The minimum atomic E-state index is -0.819. The van der Waals surface area contributed by atoms with Crippen LogP contribution in [0.2, 0.25) is 0 Å². The van der Waals surface area contributed by atoms with Crippen molar-refractivity contribution in [2.24, 2.45) is 11.8 Å². The van der Waals surface area contributed by atoms with Gasteiger partial charge < -0.3 is 14.6 Å². The van der Waals surface area contributed by atoms with Crippen molar-refractivity contribution in [2.75, 3.05) is 0 Å². The van der Waals surface area contributed by atoms with Crippen LogP contribution in [-0.4, -0.2) is 34.2 Å². The molecule has 0 unspecified atom stereocenters. The summed E-state index contributed by atoms with van der Waals surface area (Å²) in [7, 11) is 0. The maximum Gasteiger partial charge on any atom is 0.307 e. The molecule has 152 valence electrons. The van der Waals surface area contributed by atoms with Gasteiger partial charge in [0.2, 0.25) is 11.7 Å². The molecule has 28 heavy (non-hydrogen) atoms. The second-order valence-corrected chi connectivity index (χ2v) is 8.32. The number of hydrogen-bond donors (Lipinski definition) is 1. The van der Waals surface area contributed by atoms with E-state index in [1.807, 2.05) is 16.8 Å². The molecule has 2 heterocycles. The van der Waals surface area contributed by atoms with Gasteiger partial charge in [-0.3, -0.25) is 9.59 Å². The molecule has 1 N–H and O–H groups in total. The number of hydrogen-bond acceptors (Lipinski definition) is 7. The van der Waals surface area contributed by atoms with Crippen LogP contribution in [0.4, 0.5) is 0 Å². The summed E-state index contributed by atoms with van der Waals surface area (Å²) in [5, 5.41) is 10.8. The van der Waals surface area contributed by atoms with Crippen molar-refractivity contribution in [3.05, 3.63) is 22.7 Å². The van der Waals surface area contributed by atoms with E-state index in [1.165, 1.54) is 6.42 Å². The highest BCUT2D eigenvalue weighted by Crippen LogP contribution is 2.29. The summed E-state index contributed by atoms with van der Waals surface area (Å²) >= 11 is 1.55. The van der Waals surface area contributed by atoms with Crippen molar-refractivity contribution in [1.29, 1.82) is 0 Å². The largest absolute Gasteiger partial charge is 0.453 e. The van der Waals surface area contributed by atoms with Crippen LogP contribution in [0.3, 0.4) is 0 Å². The van der Waals surface area contributed by atoms with Crippen LogP contribution in [0, 0.1) is 11.8 Å². The van der Waals surface area contributed by atoms with Crippen molar-refractivity contribution >= 4 is 23.2 Å².